The zero-order valence-electron chi connectivity index (χ0n) is 9.03. The SMILES string of the molecule is C[C@H](NC(=O)[C@H]1CCCO1)c1ccc(Cl)s1. The van der Waals surface area contributed by atoms with Crippen LogP contribution in [0.25, 0.3) is 0 Å². The highest BCUT2D eigenvalue weighted by atomic mass is 35.5. The molecule has 0 spiro atoms. The number of carbonyl (C=O) groups is 1. The third kappa shape index (κ3) is 2.75. The van der Waals surface area contributed by atoms with Gasteiger partial charge in [-0.1, -0.05) is 11.6 Å². The van der Waals surface area contributed by atoms with E-state index in [1.165, 1.54) is 11.3 Å². The van der Waals surface area contributed by atoms with Gasteiger partial charge in [-0.15, -0.1) is 11.3 Å². The molecule has 0 radical (unpaired) electrons. The largest absolute Gasteiger partial charge is 0.368 e. The van der Waals surface area contributed by atoms with E-state index in [4.69, 9.17) is 16.3 Å². The highest BCUT2D eigenvalue weighted by Gasteiger charge is 2.25. The van der Waals surface area contributed by atoms with Gasteiger partial charge in [0.1, 0.15) is 6.10 Å². The Morgan fingerprint density at radius 3 is 3.06 bits per heavy atom. The lowest BCUT2D eigenvalue weighted by Crippen LogP contribution is -2.35. The van der Waals surface area contributed by atoms with Crippen LogP contribution < -0.4 is 5.32 Å². The minimum atomic E-state index is -0.266. The number of halogens is 1. The van der Waals surface area contributed by atoms with Gasteiger partial charge in [0.05, 0.1) is 10.4 Å². The maximum absolute atomic E-state index is 11.8. The van der Waals surface area contributed by atoms with E-state index in [1.54, 1.807) is 0 Å². The molecule has 16 heavy (non-hydrogen) atoms. The predicted molar refractivity (Wildman–Crippen MR) is 64.9 cm³/mol. The van der Waals surface area contributed by atoms with Crippen LogP contribution >= 0.6 is 22.9 Å². The lowest BCUT2D eigenvalue weighted by Gasteiger charge is -2.15. The topological polar surface area (TPSA) is 38.3 Å². The van der Waals surface area contributed by atoms with Crippen molar-refractivity contribution >= 4 is 28.8 Å². The van der Waals surface area contributed by atoms with E-state index >= 15 is 0 Å². The lowest BCUT2D eigenvalue weighted by molar-refractivity contribution is -0.130. The smallest absolute Gasteiger partial charge is 0.249 e. The molecule has 1 amide bonds. The summed E-state index contributed by atoms with van der Waals surface area (Å²) in [6.07, 6.45) is 1.53. The van der Waals surface area contributed by atoms with Crippen LogP contribution in [0.15, 0.2) is 12.1 Å². The van der Waals surface area contributed by atoms with E-state index in [0.717, 1.165) is 22.1 Å². The number of carbonyl (C=O) groups excluding carboxylic acids is 1. The average molecular weight is 260 g/mol. The summed E-state index contributed by atoms with van der Waals surface area (Å²) in [5.74, 6) is -0.0190. The zero-order valence-corrected chi connectivity index (χ0v) is 10.6. The third-order valence-electron chi connectivity index (χ3n) is 2.60. The second-order valence-corrected chi connectivity index (χ2v) is 5.62. The summed E-state index contributed by atoms with van der Waals surface area (Å²) < 4.78 is 6.07. The first-order chi connectivity index (χ1) is 7.66. The first kappa shape index (κ1) is 11.9. The Labute approximate surface area is 104 Å². The number of hydrogen-bond acceptors (Lipinski definition) is 3. The summed E-state index contributed by atoms with van der Waals surface area (Å²) in [5.41, 5.74) is 0. The molecule has 1 aliphatic rings. The molecule has 1 N–H and O–H groups in total. The van der Waals surface area contributed by atoms with Crippen molar-refractivity contribution in [2.24, 2.45) is 0 Å². The van der Waals surface area contributed by atoms with Crippen molar-refractivity contribution < 1.29 is 9.53 Å². The van der Waals surface area contributed by atoms with E-state index < -0.39 is 0 Å². The summed E-state index contributed by atoms with van der Waals surface area (Å²) in [6, 6.07) is 3.78. The summed E-state index contributed by atoms with van der Waals surface area (Å²) >= 11 is 7.34. The van der Waals surface area contributed by atoms with E-state index in [9.17, 15) is 4.79 Å². The highest BCUT2D eigenvalue weighted by molar-refractivity contribution is 7.16. The second kappa shape index (κ2) is 5.17. The molecule has 5 heteroatoms. The molecule has 0 bridgehead atoms. The van der Waals surface area contributed by atoms with Gasteiger partial charge in [-0.05, 0) is 31.9 Å². The van der Waals surface area contributed by atoms with Crippen LogP contribution in [-0.2, 0) is 9.53 Å². The minimum absolute atomic E-state index is 0.00537. The van der Waals surface area contributed by atoms with Crippen molar-refractivity contribution in [1.82, 2.24) is 5.32 Å². The standard InChI is InChI=1S/C11H14ClNO2S/c1-7(9-4-5-10(12)16-9)13-11(14)8-3-2-6-15-8/h4-5,7-8H,2-3,6H2,1H3,(H,13,14)/t7-,8+/m0/s1. The Bertz CT molecular complexity index is 374. The van der Waals surface area contributed by atoms with Gasteiger partial charge >= 0.3 is 0 Å². The molecular formula is C11H14ClNO2S. The Morgan fingerprint density at radius 2 is 2.50 bits per heavy atom. The molecule has 3 nitrogen and oxygen atoms in total. The van der Waals surface area contributed by atoms with Gasteiger partial charge in [0.15, 0.2) is 0 Å². The normalized spacial score (nSPS) is 22.0. The average Bonchev–Trinajstić information content (AvgIpc) is 2.87. The lowest BCUT2D eigenvalue weighted by atomic mass is 10.2. The molecule has 2 atom stereocenters. The van der Waals surface area contributed by atoms with Gasteiger partial charge < -0.3 is 10.1 Å². The number of thiophene rings is 1. The number of ether oxygens (including phenoxy) is 1. The van der Waals surface area contributed by atoms with Gasteiger partial charge in [-0.25, -0.2) is 0 Å². The van der Waals surface area contributed by atoms with Crippen LogP contribution in [0.3, 0.4) is 0 Å². The van der Waals surface area contributed by atoms with Crippen molar-refractivity contribution in [1.29, 1.82) is 0 Å². The molecule has 0 saturated carbocycles. The summed E-state index contributed by atoms with van der Waals surface area (Å²) in [7, 11) is 0. The molecule has 0 aliphatic carbocycles. The number of hydrogen-bond donors (Lipinski definition) is 1. The van der Waals surface area contributed by atoms with Crippen molar-refractivity contribution in [2.75, 3.05) is 6.61 Å². The maximum atomic E-state index is 11.8. The molecule has 1 aromatic rings. The molecule has 2 rings (SSSR count). The molecule has 0 unspecified atom stereocenters. The Morgan fingerprint density at radius 1 is 1.69 bits per heavy atom. The predicted octanol–water partition coefficient (Wildman–Crippen LogP) is 2.76. The molecule has 2 heterocycles. The molecule has 1 aliphatic heterocycles. The van der Waals surface area contributed by atoms with Crippen LogP contribution in [0, 0.1) is 0 Å². The Balaban J connectivity index is 1.91. The van der Waals surface area contributed by atoms with Gasteiger partial charge in [-0.2, -0.15) is 0 Å². The molecule has 1 saturated heterocycles. The fraction of sp³-hybridized carbons (Fsp3) is 0.545. The highest BCUT2D eigenvalue weighted by Crippen LogP contribution is 2.27. The quantitative estimate of drug-likeness (QED) is 0.907. The number of nitrogens with one attached hydrogen (secondary N) is 1. The van der Waals surface area contributed by atoms with Crippen molar-refractivity contribution in [3.63, 3.8) is 0 Å². The number of amides is 1. The van der Waals surface area contributed by atoms with E-state index in [0.29, 0.717) is 6.61 Å². The Kier molecular flexibility index (Phi) is 3.84. The van der Waals surface area contributed by atoms with Gasteiger partial charge in [0.2, 0.25) is 5.91 Å². The van der Waals surface area contributed by atoms with Crippen LogP contribution in [0.4, 0.5) is 0 Å². The van der Waals surface area contributed by atoms with E-state index in [-0.39, 0.29) is 18.1 Å². The van der Waals surface area contributed by atoms with Crippen molar-refractivity contribution in [3.05, 3.63) is 21.3 Å². The van der Waals surface area contributed by atoms with Gasteiger partial charge in [-0.3, -0.25) is 4.79 Å². The van der Waals surface area contributed by atoms with Crippen LogP contribution in [0.1, 0.15) is 30.7 Å². The van der Waals surface area contributed by atoms with Gasteiger partial charge in [0.25, 0.3) is 0 Å². The minimum Gasteiger partial charge on any atom is -0.368 e. The first-order valence-electron chi connectivity index (χ1n) is 5.34. The first-order valence-corrected chi connectivity index (χ1v) is 6.53. The fourth-order valence-electron chi connectivity index (χ4n) is 1.72. The fourth-order valence-corrected chi connectivity index (χ4v) is 2.79. The van der Waals surface area contributed by atoms with Crippen LogP contribution in [0.5, 0.6) is 0 Å². The molecular weight excluding hydrogens is 246 g/mol. The molecule has 88 valence electrons. The summed E-state index contributed by atoms with van der Waals surface area (Å²) in [4.78, 5) is 12.8. The van der Waals surface area contributed by atoms with E-state index in [1.807, 2.05) is 19.1 Å². The van der Waals surface area contributed by atoms with Gasteiger partial charge in [0, 0.05) is 11.5 Å². The summed E-state index contributed by atoms with van der Waals surface area (Å²) in [6.45, 7) is 2.65. The summed E-state index contributed by atoms with van der Waals surface area (Å²) in [5, 5.41) is 2.94. The molecule has 1 aromatic heterocycles. The number of rotatable bonds is 3. The van der Waals surface area contributed by atoms with Crippen molar-refractivity contribution in [3.8, 4) is 0 Å². The molecule has 1 fully saturated rings. The second-order valence-electron chi connectivity index (χ2n) is 3.87. The maximum Gasteiger partial charge on any atom is 0.249 e. The zero-order chi connectivity index (χ0) is 11.5. The van der Waals surface area contributed by atoms with Crippen LogP contribution in [0.2, 0.25) is 4.34 Å². The molecule has 0 aromatic carbocycles. The van der Waals surface area contributed by atoms with Crippen LogP contribution in [-0.4, -0.2) is 18.6 Å². The monoisotopic (exact) mass is 259 g/mol. The van der Waals surface area contributed by atoms with Crippen molar-refractivity contribution in [2.45, 2.75) is 31.9 Å². The van der Waals surface area contributed by atoms with E-state index in [2.05, 4.69) is 5.32 Å². The third-order valence-corrected chi connectivity index (χ3v) is 4.02. The Hall–Kier alpha value is -0.580.